The standard InChI is InChI=1S/C10H10FNO/c1-4-5-8-6(2)9(11)7(3)10(13)12-8/h1-3H3,(H,12,13). The van der Waals surface area contributed by atoms with Gasteiger partial charge in [0.2, 0.25) is 0 Å². The Hall–Kier alpha value is -1.56. The van der Waals surface area contributed by atoms with Crippen LogP contribution >= 0.6 is 0 Å². The fraction of sp³-hybridized carbons (Fsp3) is 0.300. The van der Waals surface area contributed by atoms with Crippen molar-refractivity contribution < 1.29 is 4.39 Å². The maximum atomic E-state index is 13.3. The first kappa shape index (κ1) is 9.53. The van der Waals surface area contributed by atoms with Crippen molar-refractivity contribution in [2.45, 2.75) is 20.8 Å². The Kier molecular flexibility index (Phi) is 2.52. The molecular weight excluding hydrogens is 169 g/mol. The van der Waals surface area contributed by atoms with Crippen LogP contribution in [0.2, 0.25) is 0 Å². The first-order valence-corrected chi connectivity index (χ1v) is 3.89. The number of pyridine rings is 1. The molecule has 1 aromatic heterocycles. The third kappa shape index (κ3) is 1.62. The van der Waals surface area contributed by atoms with E-state index in [1.807, 2.05) is 0 Å². The highest BCUT2D eigenvalue weighted by molar-refractivity contribution is 5.37. The van der Waals surface area contributed by atoms with E-state index >= 15 is 0 Å². The fourth-order valence-corrected chi connectivity index (χ4v) is 1.04. The van der Waals surface area contributed by atoms with Crippen molar-refractivity contribution in [2.24, 2.45) is 0 Å². The first-order valence-electron chi connectivity index (χ1n) is 3.89. The maximum Gasteiger partial charge on any atom is 0.254 e. The Balaban J connectivity index is 3.56. The van der Waals surface area contributed by atoms with Crippen LogP contribution in [-0.2, 0) is 0 Å². The first-order chi connectivity index (χ1) is 6.07. The van der Waals surface area contributed by atoms with Crippen LogP contribution in [0.4, 0.5) is 4.39 Å². The summed E-state index contributed by atoms with van der Waals surface area (Å²) in [6, 6.07) is 0. The quantitative estimate of drug-likeness (QED) is 0.601. The Morgan fingerprint density at radius 1 is 1.31 bits per heavy atom. The van der Waals surface area contributed by atoms with E-state index < -0.39 is 11.4 Å². The number of nitrogens with one attached hydrogen (secondary N) is 1. The smallest absolute Gasteiger partial charge is 0.254 e. The molecule has 0 spiro atoms. The van der Waals surface area contributed by atoms with Crippen molar-refractivity contribution in [3.63, 3.8) is 0 Å². The third-order valence-corrected chi connectivity index (χ3v) is 1.86. The van der Waals surface area contributed by atoms with E-state index in [1.165, 1.54) is 6.92 Å². The summed E-state index contributed by atoms with van der Waals surface area (Å²) in [7, 11) is 0. The largest absolute Gasteiger partial charge is 0.315 e. The van der Waals surface area contributed by atoms with E-state index in [1.54, 1.807) is 13.8 Å². The van der Waals surface area contributed by atoms with Crippen molar-refractivity contribution in [1.29, 1.82) is 0 Å². The zero-order valence-corrected chi connectivity index (χ0v) is 7.79. The number of hydrogen-bond acceptors (Lipinski definition) is 1. The number of aromatic amines is 1. The zero-order chi connectivity index (χ0) is 10.0. The Morgan fingerprint density at radius 3 is 2.46 bits per heavy atom. The second-order valence-corrected chi connectivity index (χ2v) is 2.77. The van der Waals surface area contributed by atoms with Crippen molar-refractivity contribution in [2.75, 3.05) is 0 Å². The molecule has 0 saturated carbocycles. The lowest BCUT2D eigenvalue weighted by atomic mass is 10.1. The number of hydrogen-bond donors (Lipinski definition) is 1. The van der Waals surface area contributed by atoms with E-state index in [0.717, 1.165) is 0 Å². The summed E-state index contributed by atoms with van der Waals surface area (Å²) in [4.78, 5) is 13.6. The zero-order valence-electron chi connectivity index (χ0n) is 7.79. The SMILES string of the molecule is CC#Cc1[nH]c(=O)c(C)c(F)c1C. The highest BCUT2D eigenvalue weighted by atomic mass is 19.1. The van der Waals surface area contributed by atoms with E-state index in [9.17, 15) is 9.18 Å². The Labute approximate surface area is 75.8 Å². The molecule has 0 saturated heterocycles. The molecule has 68 valence electrons. The molecule has 0 atom stereocenters. The van der Waals surface area contributed by atoms with Crippen LogP contribution < -0.4 is 5.56 Å². The van der Waals surface area contributed by atoms with Crippen LogP contribution in [0, 0.1) is 31.5 Å². The molecule has 0 unspecified atom stereocenters. The predicted octanol–water partition coefficient (Wildman–Crippen LogP) is 1.50. The molecule has 2 nitrogen and oxygen atoms in total. The van der Waals surface area contributed by atoms with Gasteiger partial charge >= 0.3 is 0 Å². The monoisotopic (exact) mass is 179 g/mol. The topological polar surface area (TPSA) is 32.9 Å². The maximum absolute atomic E-state index is 13.3. The molecule has 1 heterocycles. The molecule has 1 rings (SSSR count). The highest BCUT2D eigenvalue weighted by Gasteiger charge is 2.08. The summed E-state index contributed by atoms with van der Waals surface area (Å²) in [6.45, 7) is 4.68. The molecule has 0 bridgehead atoms. The van der Waals surface area contributed by atoms with E-state index in [-0.39, 0.29) is 5.56 Å². The van der Waals surface area contributed by atoms with Crippen LogP contribution in [0.15, 0.2) is 4.79 Å². The van der Waals surface area contributed by atoms with Gasteiger partial charge in [0.25, 0.3) is 5.56 Å². The third-order valence-electron chi connectivity index (χ3n) is 1.86. The van der Waals surface area contributed by atoms with Gasteiger partial charge in [-0.2, -0.15) is 0 Å². The van der Waals surface area contributed by atoms with Crippen molar-refractivity contribution in [3.05, 3.63) is 33.0 Å². The summed E-state index contributed by atoms with van der Waals surface area (Å²) >= 11 is 0. The minimum absolute atomic E-state index is 0.110. The number of H-pyrrole nitrogens is 1. The second kappa shape index (κ2) is 3.44. The van der Waals surface area contributed by atoms with E-state index in [2.05, 4.69) is 16.8 Å². The van der Waals surface area contributed by atoms with Gasteiger partial charge in [-0.05, 0) is 26.7 Å². The molecule has 0 fully saturated rings. The van der Waals surface area contributed by atoms with Gasteiger partial charge in [-0.1, -0.05) is 5.92 Å². The minimum atomic E-state index is -0.471. The average Bonchev–Trinajstić information content (AvgIpc) is 2.11. The second-order valence-electron chi connectivity index (χ2n) is 2.77. The molecule has 0 amide bonds. The molecule has 0 aliphatic rings. The molecule has 0 aliphatic carbocycles. The lowest BCUT2D eigenvalue weighted by Gasteiger charge is -2.01. The Bertz CT molecular complexity index is 448. The van der Waals surface area contributed by atoms with Crippen LogP contribution in [0.1, 0.15) is 23.7 Å². The lowest BCUT2D eigenvalue weighted by molar-refractivity contribution is 0.602. The fourth-order valence-electron chi connectivity index (χ4n) is 1.04. The Morgan fingerprint density at radius 2 is 1.92 bits per heavy atom. The van der Waals surface area contributed by atoms with Crippen LogP contribution in [0.25, 0.3) is 0 Å². The number of halogens is 1. The van der Waals surface area contributed by atoms with Gasteiger partial charge in [0.05, 0.1) is 11.3 Å². The highest BCUT2D eigenvalue weighted by Crippen LogP contribution is 2.09. The van der Waals surface area contributed by atoms with Crippen molar-refractivity contribution in [3.8, 4) is 11.8 Å². The van der Waals surface area contributed by atoms with E-state index in [4.69, 9.17) is 0 Å². The molecule has 0 aromatic carbocycles. The van der Waals surface area contributed by atoms with Crippen LogP contribution in [-0.4, -0.2) is 4.98 Å². The van der Waals surface area contributed by atoms with Gasteiger partial charge in [0.1, 0.15) is 5.82 Å². The molecular formula is C10H10FNO. The normalized spacial score (nSPS) is 9.23. The molecule has 3 heteroatoms. The summed E-state index contributed by atoms with van der Waals surface area (Å²) in [5.41, 5.74) is 0.446. The van der Waals surface area contributed by atoms with Gasteiger partial charge in [-0.25, -0.2) is 4.39 Å². The summed E-state index contributed by atoms with van der Waals surface area (Å²) < 4.78 is 13.3. The van der Waals surface area contributed by atoms with E-state index in [0.29, 0.717) is 11.3 Å². The van der Waals surface area contributed by atoms with Crippen molar-refractivity contribution >= 4 is 0 Å². The predicted molar refractivity (Wildman–Crippen MR) is 49.0 cm³/mol. The summed E-state index contributed by atoms with van der Waals surface area (Å²) in [6.07, 6.45) is 0. The van der Waals surface area contributed by atoms with Gasteiger partial charge in [-0.15, -0.1) is 0 Å². The lowest BCUT2D eigenvalue weighted by Crippen LogP contribution is -2.15. The number of aromatic nitrogens is 1. The van der Waals surface area contributed by atoms with Gasteiger partial charge in [-0.3, -0.25) is 4.79 Å². The van der Waals surface area contributed by atoms with Gasteiger partial charge in [0.15, 0.2) is 0 Å². The van der Waals surface area contributed by atoms with Gasteiger partial charge in [0, 0.05) is 5.56 Å². The molecule has 1 aromatic rings. The molecule has 1 N–H and O–H groups in total. The number of rotatable bonds is 0. The van der Waals surface area contributed by atoms with Crippen LogP contribution in [0.5, 0.6) is 0 Å². The summed E-state index contributed by atoms with van der Waals surface area (Å²) in [5.74, 6) is 4.78. The molecule has 13 heavy (non-hydrogen) atoms. The average molecular weight is 179 g/mol. The van der Waals surface area contributed by atoms with Crippen LogP contribution in [0.3, 0.4) is 0 Å². The van der Waals surface area contributed by atoms with Gasteiger partial charge < -0.3 is 4.98 Å². The minimum Gasteiger partial charge on any atom is -0.315 e. The molecule has 0 aliphatic heterocycles. The van der Waals surface area contributed by atoms with Crippen molar-refractivity contribution in [1.82, 2.24) is 4.98 Å². The molecule has 0 radical (unpaired) electrons. The summed E-state index contributed by atoms with van der Waals surface area (Å²) in [5, 5.41) is 0.